The monoisotopic (exact) mass is 482 g/mol. The van der Waals surface area contributed by atoms with Crippen molar-refractivity contribution < 1.29 is 9.53 Å². The van der Waals surface area contributed by atoms with E-state index in [4.69, 9.17) is 10.00 Å². The van der Waals surface area contributed by atoms with E-state index in [9.17, 15) is 4.79 Å². The highest BCUT2D eigenvalue weighted by Gasteiger charge is 2.26. The molecule has 3 aromatic rings. The van der Waals surface area contributed by atoms with Crippen molar-refractivity contribution in [1.29, 1.82) is 5.26 Å². The number of carbonyl (C=O) groups is 1. The zero-order valence-corrected chi connectivity index (χ0v) is 21.0. The van der Waals surface area contributed by atoms with Crippen molar-refractivity contribution in [3.05, 3.63) is 78.4 Å². The Balaban J connectivity index is 1.51. The zero-order valence-electron chi connectivity index (χ0n) is 21.0. The van der Waals surface area contributed by atoms with Crippen molar-refractivity contribution in [2.75, 3.05) is 25.1 Å². The molecule has 0 atom stereocenters. The van der Waals surface area contributed by atoms with Crippen LogP contribution in [-0.4, -0.2) is 26.2 Å². The van der Waals surface area contributed by atoms with Crippen LogP contribution in [0.25, 0.3) is 0 Å². The van der Waals surface area contributed by atoms with Gasteiger partial charge in [-0.15, -0.1) is 0 Å². The second kappa shape index (κ2) is 12.4. The molecule has 0 bridgehead atoms. The van der Waals surface area contributed by atoms with Crippen LogP contribution >= 0.6 is 0 Å². The first-order valence-corrected chi connectivity index (χ1v) is 11.7. The van der Waals surface area contributed by atoms with Crippen molar-refractivity contribution in [2.24, 2.45) is 25.9 Å². The Kier molecular flexibility index (Phi) is 9.01. The Hall–Kier alpha value is -4.38. The lowest BCUT2D eigenvalue weighted by atomic mass is 9.91. The molecule has 36 heavy (non-hydrogen) atoms. The number of esters is 1. The number of hydrogen-bond donors (Lipinski definition) is 0. The van der Waals surface area contributed by atoms with E-state index in [1.54, 1.807) is 24.3 Å². The zero-order chi connectivity index (χ0) is 26.0. The van der Waals surface area contributed by atoms with Crippen LogP contribution in [0.3, 0.4) is 0 Å². The number of nitrogens with zero attached hydrogens (tertiary/aromatic N) is 6. The summed E-state index contributed by atoms with van der Waals surface area (Å²) in [6.45, 7) is 6.70. The summed E-state index contributed by atoms with van der Waals surface area (Å²) in [5, 5.41) is 25.8. The first kappa shape index (κ1) is 26.2. The quantitative estimate of drug-likeness (QED) is 0.217. The summed E-state index contributed by atoms with van der Waals surface area (Å²) in [6, 6.07) is 23.9. The minimum absolute atomic E-state index is 0.170. The number of anilines is 1. The van der Waals surface area contributed by atoms with Crippen molar-refractivity contribution >= 4 is 34.4 Å². The second-order valence-corrected chi connectivity index (χ2v) is 8.89. The van der Waals surface area contributed by atoms with Gasteiger partial charge in [0.15, 0.2) is 0 Å². The van der Waals surface area contributed by atoms with Gasteiger partial charge in [0.1, 0.15) is 6.61 Å². The molecule has 8 heteroatoms. The topological polar surface area (TPSA) is 103 Å². The SMILES string of the molecule is CCC(C)(C)C(=O)OCCN(C)c1ccc(/N=N/c2ccc(/N=N/c3ccc(C#N)cc3)cc2)cc1. The third-order valence-corrected chi connectivity index (χ3v) is 5.79. The highest BCUT2D eigenvalue weighted by atomic mass is 16.5. The fourth-order valence-electron chi connectivity index (χ4n) is 2.94. The maximum absolute atomic E-state index is 12.1. The Bertz CT molecular complexity index is 1240. The molecule has 0 aromatic heterocycles. The maximum atomic E-state index is 12.1. The lowest BCUT2D eigenvalue weighted by Gasteiger charge is -2.23. The van der Waals surface area contributed by atoms with Gasteiger partial charge in [0.2, 0.25) is 0 Å². The van der Waals surface area contributed by atoms with Crippen LogP contribution in [0.1, 0.15) is 32.8 Å². The Morgan fingerprint density at radius 3 is 1.67 bits per heavy atom. The molecule has 0 saturated heterocycles. The number of ether oxygens (including phenoxy) is 1. The Morgan fingerprint density at radius 1 is 0.833 bits per heavy atom. The Morgan fingerprint density at radius 2 is 1.25 bits per heavy atom. The number of carbonyl (C=O) groups excluding carboxylic acids is 1. The molecule has 0 aliphatic heterocycles. The Labute approximate surface area is 212 Å². The van der Waals surface area contributed by atoms with Crippen LogP contribution in [0.15, 0.2) is 93.3 Å². The minimum Gasteiger partial charge on any atom is -0.463 e. The maximum Gasteiger partial charge on any atom is 0.311 e. The van der Waals surface area contributed by atoms with Crippen molar-refractivity contribution in [1.82, 2.24) is 0 Å². The van der Waals surface area contributed by atoms with Gasteiger partial charge in [-0.2, -0.15) is 25.7 Å². The van der Waals surface area contributed by atoms with E-state index < -0.39 is 5.41 Å². The smallest absolute Gasteiger partial charge is 0.311 e. The molecule has 0 aliphatic carbocycles. The molecule has 184 valence electrons. The summed E-state index contributed by atoms with van der Waals surface area (Å²) >= 11 is 0. The number of benzene rings is 3. The average Bonchev–Trinajstić information content (AvgIpc) is 2.91. The van der Waals surface area contributed by atoms with E-state index in [0.717, 1.165) is 17.8 Å². The number of nitriles is 1. The highest BCUT2D eigenvalue weighted by Crippen LogP contribution is 2.25. The average molecular weight is 483 g/mol. The fraction of sp³-hybridized carbons (Fsp3) is 0.286. The molecule has 0 amide bonds. The number of azo groups is 2. The van der Waals surface area contributed by atoms with Gasteiger partial charge in [-0.05, 0) is 93.1 Å². The molecular formula is C28H30N6O2. The van der Waals surface area contributed by atoms with Gasteiger partial charge in [-0.1, -0.05) is 6.92 Å². The fourth-order valence-corrected chi connectivity index (χ4v) is 2.94. The molecule has 3 aromatic carbocycles. The van der Waals surface area contributed by atoms with Crippen LogP contribution in [0.2, 0.25) is 0 Å². The molecule has 0 aliphatic rings. The van der Waals surface area contributed by atoms with E-state index >= 15 is 0 Å². The number of hydrogen-bond acceptors (Lipinski definition) is 8. The number of likely N-dealkylation sites (N-methyl/N-ethyl adjacent to an activating group) is 1. The highest BCUT2D eigenvalue weighted by molar-refractivity contribution is 5.75. The van der Waals surface area contributed by atoms with Gasteiger partial charge in [-0.25, -0.2) is 0 Å². The lowest BCUT2D eigenvalue weighted by molar-refractivity contribution is -0.153. The van der Waals surface area contributed by atoms with Crippen LogP contribution in [0.4, 0.5) is 28.4 Å². The van der Waals surface area contributed by atoms with E-state index in [-0.39, 0.29) is 5.97 Å². The molecule has 0 saturated carbocycles. The first-order valence-electron chi connectivity index (χ1n) is 11.7. The van der Waals surface area contributed by atoms with Crippen LogP contribution < -0.4 is 4.90 Å². The standard InChI is InChI=1S/C28H30N6O2/c1-5-28(2,3)27(35)36-19-18-34(4)26-16-14-25(15-17-26)33-32-24-12-10-23(11-13-24)31-30-22-8-6-21(20-29)7-9-22/h6-17H,5,18-19H2,1-4H3/b31-30+,33-32+. The van der Waals surface area contributed by atoms with Gasteiger partial charge in [-0.3, -0.25) is 4.79 Å². The van der Waals surface area contributed by atoms with E-state index in [1.807, 2.05) is 81.2 Å². The van der Waals surface area contributed by atoms with Crippen molar-refractivity contribution in [2.45, 2.75) is 27.2 Å². The third kappa shape index (κ3) is 7.57. The van der Waals surface area contributed by atoms with Crippen LogP contribution in [0.5, 0.6) is 0 Å². The lowest BCUT2D eigenvalue weighted by Crippen LogP contribution is -2.30. The molecule has 0 N–H and O–H groups in total. The van der Waals surface area contributed by atoms with Gasteiger partial charge in [0.25, 0.3) is 0 Å². The molecule has 0 spiro atoms. The largest absolute Gasteiger partial charge is 0.463 e. The van der Waals surface area contributed by atoms with E-state index in [0.29, 0.717) is 35.8 Å². The molecule has 0 unspecified atom stereocenters. The first-order chi connectivity index (χ1) is 17.3. The van der Waals surface area contributed by atoms with Crippen molar-refractivity contribution in [3.63, 3.8) is 0 Å². The van der Waals surface area contributed by atoms with Crippen LogP contribution in [-0.2, 0) is 9.53 Å². The van der Waals surface area contributed by atoms with Gasteiger partial charge < -0.3 is 9.64 Å². The predicted molar refractivity (Wildman–Crippen MR) is 141 cm³/mol. The summed E-state index contributed by atoms with van der Waals surface area (Å²) in [7, 11) is 1.95. The molecule has 3 rings (SSSR count). The summed E-state index contributed by atoms with van der Waals surface area (Å²) in [6.07, 6.45) is 0.743. The second-order valence-electron chi connectivity index (χ2n) is 8.89. The predicted octanol–water partition coefficient (Wildman–Crippen LogP) is 7.80. The minimum atomic E-state index is -0.457. The summed E-state index contributed by atoms with van der Waals surface area (Å²) in [4.78, 5) is 14.1. The van der Waals surface area contributed by atoms with E-state index in [1.165, 1.54) is 0 Å². The molecule has 0 heterocycles. The summed E-state index contributed by atoms with van der Waals surface area (Å²) < 4.78 is 5.42. The van der Waals surface area contributed by atoms with Crippen molar-refractivity contribution in [3.8, 4) is 6.07 Å². The molecular weight excluding hydrogens is 452 g/mol. The van der Waals surface area contributed by atoms with Gasteiger partial charge in [0.05, 0.1) is 46.3 Å². The van der Waals surface area contributed by atoms with Gasteiger partial charge in [0, 0.05) is 12.7 Å². The molecule has 8 nitrogen and oxygen atoms in total. The van der Waals surface area contributed by atoms with Gasteiger partial charge >= 0.3 is 5.97 Å². The van der Waals surface area contributed by atoms with E-state index in [2.05, 4.69) is 26.5 Å². The van der Waals surface area contributed by atoms with Crippen LogP contribution in [0, 0.1) is 16.7 Å². The summed E-state index contributed by atoms with van der Waals surface area (Å²) in [5.41, 5.74) is 3.92. The normalized spacial score (nSPS) is 11.5. The molecule has 0 radical (unpaired) electrons. The number of rotatable bonds is 10. The third-order valence-electron chi connectivity index (χ3n) is 5.79. The molecule has 0 fully saturated rings. The summed E-state index contributed by atoms with van der Waals surface area (Å²) in [5.74, 6) is -0.170.